The standard InChI is InChI=1S/C21H32O4/c1-20-10-4-11-21(2,19(23)24-3)18(20)8-6-16(13-22)17(20)7-5-15-9-12-25-14-15/h9,12,14,16-18,22H,4-8,10-11,13H2,1-3H3. The average molecular weight is 348 g/mol. The fourth-order valence-corrected chi connectivity index (χ4v) is 6.14. The Hall–Kier alpha value is -1.29. The van der Waals surface area contributed by atoms with Gasteiger partial charge in [0.15, 0.2) is 0 Å². The number of fused-ring (bicyclic) bond motifs is 1. The van der Waals surface area contributed by atoms with Crippen molar-refractivity contribution in [3.63, 3.8) is 0 Å². The van der Waals surface area contributed by atoms with Crippen LogP contribution in [-0.4, -0.2) is 24.8 Å². The number of ether oxygens (including phenoxy) is 1. The summed E-state index contributed by atoms with van der Waals surface area (Å²) in [5, 5.41) is 10.00. The first kappa shape index (κ1) is 18.5. The van der Waals surface area contributed by atoms with Crippen molar-refractivity contribution >= 4 is 5.97 Å². The van der Waals surface area contributed by atoms with Gasteiger partial charge in [-0.3, -0.25) is 4.79 Å². The smallest absolute Gasteiger partial charge is 0.311 e. The molecule has 3 rings (SSSR count). The molecule has 25 heavy (non-hydrogen) atoms. The minimum Gasteiger partial charge on any atom is -0.472 e. The van der Waals surface area contributed by atoms with E-state index in [1.807, 2.05) is 12.3 Å². The molecule has 5 unspecified atom stereocenters. The lowest BCUT2D eigenvalue weighted by atomic mass is 9.45. The molecular formula is C21H32O4. The highest BCUT2D eigenvalue weighted by molar-refractivity contribution is 5.77. The first-order valence-electron chi connectivity index (χ1n) is 9.66. The van der Waals surface area contributed by atoms with E-state index in [4.69, 9.17) is 9.15 Å². The minimum atomic E-state index is -0.393. The van der Waals surface area contributed by atoms with Crippen molar-refractivity contribution in [2.75, 3.05) is 13.7 Å². The van der Waals surface area contributed by atoms with Crippen LogP contribution >= 0.6 is 0 Å². The maximum Gasteiger partial charge on any atom is 0.311 e. The molecule has 140 valence electrons. The molecule has 0 saturated heterocycles. The summed E-state index contributed by atoms with van der Waals surface area (Å²) in [5.74, 6) is 1.03. The van der Waals surface area contributed by atoms with E-state index in [-0.39, 0.29) is 18.0 Å². The molecule has 1 aromatic heterocycles. The molecule has 1 N–H and O–H groups in total. The Bertz CT molecular complexity index is 581. The Balaban J connectivity index is 1.87. The molecule has 1 heterocycles. The fraction of sp³-hybridized carbons (Fsp3) is 0.762. The Morgan fingerprint density at radius 2 is 2.16 bits per heavy atom. The van der Waals surface area contributed by atoms with E-state index in [1.165, 1.54) is 12.7 Å². The van der Waals surface area contributed by atoms with Crippen molar-refractivity contribution in [3.8, 4) is 0 Å². The Morgan fingerprint density at radius 1 is 1.36 bits per heavy atom. The van der Waals surface area contributed by atoms with Gasteiger partial charge in [0.25, 0.3) is 0 Å². The van der Waals surface area contributed by atoms with Crippen LogP contribution < -0.4 is 0 Å². The lowest BCUT2D eigenvalue weighted by molar-refractivity contribution is -0.174. The van der Waals surface area contributed by atoms with Crippen LogP contribution in [0.2, 0.25) is 0 Å². The third-order valence-corrected chi connectivity index (χ3v) is 7.43. The van der Waals surface area contributed by atoms with Crippen LogP contribution in [0, 0.1) is 28.6 Å². The predicted octanol–water partition coefficient (Wildman–Crippen LogP) is 4.22. The van der Waals surface area contributed by atoms with Gasteiger partial charge >= 0.3 is 5.97 Å². The highest BCUT2D eigenvalue weighted by atomic mass is 16.5. The van der Waals surface area contributed by atoms with Gasteiger partial charge in [-0.2, -0.15) is 0 Å². The molecule has 4 heteroatoms. The van der Waals surface area contributed by atoms with Crippen LogP contribution in [0.4, 0.5) is 0 Å². The van der Waals surface area contributed by atoms with Crippen LogP contribution in [0.3, 0.4) is 0 Å². The summed E-state index contributed by atoms with van der Waals surface area (Å²) in [5.41, 5.74) is 0.904. The van der Waals surface area contributed by atoms with Gasteiger partial charge in [0.1, 0.15) is 0 Å². The zero-order valence-electron chi connectivity index (χ0n) is 15.8. The Labute approximate surface area is 150 Å². The van der Waals surface area contributed by atoms with Crippen LogP contribution in [0.15, 0.2) is 23.0 Å². The van der Waals surface area contributed by atoms with Gasteiger partial charge in [0.2, 0.25) is 0 Å². The molecule has 1 aromatic rings. The number of aliphatic hydroxyl groups is 1. The number of rotatable bonds is 5. The molecule has 0 aliphatic heterocycles. The van der Waals surface area contributed by atoms with Crippen molar-refractivity contribution in [2.45, 2.75) is 58.8 Å². The van der Waals surface area contributed by atoms with Crippen LogP contribution in [0.5, 0.6) is 0 Å². The van der Waals surface area contributed by atoms with Crippen LogP contribution in [0.25, 0.3) is 0 Å². The highest BCUT2D eigenvalue weighted by Gasteiger charge is 2.58. The molecule has 0 radical (unpaired) electrons. The van der Waals surface area contributed by atoms with E-state index >= 15 is 0 Å². The maximum atomic E-state index is 12.6. The molecule has 2 fully saturated rings. The second-order valence-electron chi connectivity index (χ2n) is 8.62. The summed E-state index contributed by atoms with van der Waals surface area (Å²) in [7, 11) is 1.51. The minimum absolute atomic E-state index is 0.0561. The molecule has 0 aromatic carbocycles. The number of hydrogen-bond acceptors (Lipinski definition) is 4. The lowest BCUT2D eigenvalue weighted by Gasteiger charge is -2.59. The first-order chi connectivity index (χ1) is 12.0. The fourth-order valence-electron chi connectivity index (χ4n) is 6.14. The van der Waals surface area contributed by atoms with E-state index in [1.54, 1.807) is 6.26 Å². The van der Waals surface area contributed by atoms with Crippen molar-refractivity contribution < 1.29 is 19.1 Å². The van der Waals surface area contributed by atoms with Crippen molar-refractivity contribution in [3.05, 3.63) is 24.2 Å². The van der Waals surface area contributed by atoms with Gasteiger partial charge < -0.3 is 14.3 Å². The third kappa shape index (κ3) is 3.14. The topological polar surface area (TPSA) is 59.7 Å². The van der Waals surface area contributed by atoms with Gasteiger partial charge in [-0.25, -0.2) is 0 Å². The average Bonchev–Trinajstić information content (AvgIpc) is 3.12. The van der Waals surface area contributed by atoms with Gasteiger partial charge in [-0.1, -0.05) is 13.3 Å². The van der Waals surface area contributed by atoms with Gasteiger partial charge in [-0.15, -0.1) is 0 Å². The number of esters is 1. The number of methoxy groups -OCH3 is 1. The van der Waals surface area contributed by atoms with Gasteiger partial charge in [0, 0.05) is 6.61 Å². The van der Waals surface area contributed by atoms with E-state index < -0.39 is 5.41 Å². The second-order valence-corrected chi connectivity index (χ2v) is 8.62. The number of hydrogen-bond donors (Lipinski definition) is 1. The van der Waals surface area contributed by atoms with Crippen molar-refractivity contribution in [2.24, 2.45) is 28.6 Å². The summed E-state index contributed by atoms with van der Waals surface area (Å²) in [6, 6.07) is 2.02. The van der Waals surface area contributed by atoms with Crippen LogP contribution in [-0.2, 0) is 16.0 Å². The summed E-state index contributed by atoms with van der Waals surface area (Å²) in [4.78, 5) is 12.6. The Morgan fingerprint density at radius 3 is 2.80 bits per heavy atom. The SMILES string of the molecule is COC(=O)C1(C)CCCC2(C)C(CCc3ccoc3)C(CO)CCC12. The summed E-state index contributed by atoms with van der Waals surface area (Å²) in [6.07, 6.45) is 10.7. The van der Waals surface area contributed by atoms with Gasteiger partial charge in [-0.05, 0) is 80.2 Å². The summed E-state index contributed by atoms with van der Waals surface area (Å²) in [6.45, 7) is 4.71. The molecule has 2 saturated carbocycles. The van der Waals surface area contributed by atoms with Crippen LogP contribution in [0.1, 0.15) is 57.9 Å². The molecule has 2 aliphatic carbocycles. The number of carbonyl (C=O) groups is 1. The molecule has 0 amide bonds. The molecule has 0 bridgehead atoms. The van der Waals surface area contributed by atoms with Crippen molar-refractivity contribution in [1.82, 2.24) is 0 Å². The highest BCUT2D eigenvalue weighted by Crippen LogP contribution is 2.62. The van der Waals surface area contributed by atoms with E-state index in [9.17, 15) is 9.90 Å². The summed E-state index contributed by atoms with van der Waals surface area (Å²) >= 11 is 0. The maximum absolute atomic E-state index is 12.6. The summed E-state index contributed by atoms with van der Waals surface area (Å²) < 4.78 is 10.4. The second kappa shape index (κ2) is 7.14. The number of aliphatic hydroxyl groups excluding tert-OH is 1. The molecular weight excluding hydrogens is 316 g/mol. The molecule has 0 spiro atoms. The monoisotopic (exact) mass is 348 g/mol. The van der Waals surface area contributed by atoms with E-state index in [0.717, 1.165) is 44.9 Å². The third-order valence-electron chi connectivity index (χ3n) is 7.43. The zero-order valence-corrected chi connectivity index (χ0v) is 15.8. The zero-order chi connectivity index (χ0) is 18.1. The quantitative estimate of drug-likeness (QED) is 0.810. The van der Waals surface area contributed by atoms with E-state index in [2.05, 4.69) is 13.8 Å². The van der Waals surface area contributed by atoms with Crippen molar-refractivity contribution in [1.29, 1.82) is 0 Å². The van der Waals surface area contributed by atoms with E-state index in [0.29, 0.717) is 17.8 Å². The largest absolute Gasteiger partial charge is 0.472 e. The molecule has 5 atom stereocenters. The predicted molar refractivity (Wildman–Crippen MR) is 95.9 cm³/mol. The first-order valence-corrected chi connectivity index (χ1v) is 9.66. The lowest BCUT2D eigenvalue weighted by Crippen LogP contribution is -2.55. The molecule has 2 aliphatic rings. The normalized spacial score (nSPS) is 38.2. The van der Waals surface area contributed by atoms with Gasteiger partial charge in [0.05, 0.1) is 25.1 Å². The number of furan rings is 1. The number of aryl methyl sites for hydroxylation is 1. The number of carbonyl (C=O) groups excluding carboxylic acids is 1. The molecule has 4 nitrogen and oxygen atoms in total. The Kier molecular flexibility index (Phi) is 5.29.